The summed E-state index contributed by atoms with van der Waals surface area (Å²) in [5.41, 5.74) is 0. The molecule has 118 valence electrons. The summed E-state index contributed by atoms with van der Waals surface area (Å²) in [5, 5.41) is 0. The third-order valence-corrected chi connectivity index (χ3v) is 4.07. The molecule has 0 aromatic carbocycles. The van der Waals surface area contributed by atoms with E-state index < -0.39 is 0 Å². The Morgan fingerprint density at radius 3 is 0.952 bits per heavy atom. The molecule has 0 saturated carbocycles. The predicted octanol–water partition coefficient (Wildman–Crippen LogP) is 7.30. The fourth-order valence-corrected chi connectivity index (χ4v) is 2.72. The highest BCUT2D eigenvalue weighted by Crippen LogP contribution is 2.12. The average Bonchev–Trinajstić information content (AvgIpc) is 2.50. The van der Waals surface area contributed by atoms with Gasteiger partial charge in [0.05, 0.1) is 0 Å². The van der Waals surface area contributed by atoms with Gasteiger partial charge in [0.15, 0.2) is 0 Å². The molecule has 21 heavy (non-hydrogen) atoms. The van der Waals surface area contributed by atoms with E-state index in [1.54, 1.807) is 0 Å². The van der Waals surface area contributed by atoms with E-state index in [4.69, 9.17) is 0 Å². The van der Waals surface area contributed by atoms with Crippen molar-refractivity contribution in [3.8, 4) is 0 Å². The second-order valence-electron chi connectivity index (χ2n) is 6.09. The molecule has 0 aromatic heterocycles. The zero-order valence-corrected chi connectivity index (χ0v) is 13.8. The Morgan fingerprint density at radius 1 is 0.286 bits per heavy atom. The number of allylic oxidation sites excluding steroid dienone is 8. The van der Waals surface area contributed by atoms with Crippen molar-refractivity contribution in [1.29, 1.82) is 0 Å². The van der Waals surface area contributed by atoms with Crippen molar-refractivity contribution in [2.75, 3.05) is 0 Å². The maximum absolute atomic E-state index is 2.29. The molecule has 1 aliphatic carbocycles. The predicted molar refractivity (Wildman–Crippen MR) is 96.6 cm³/mol. The maximum Gasteiger partial charge on any atom is -0.0348 e. The van der Waals surface area contributed by atoms with Crippen LogP contribution in [0.2, 0.25) is 0 Å². The van der Waals surface area contributed by atoms with E-state index in [2.05, 4.69) is 48.6 Å². The van der Waals surface area contributed by atoms with E-state index in [1.807, 2.05) is 0 Å². The second-order valence-corrected chi connectivity index (χ2v) is 6.09. The second kappa shape index (κ2) is 15.4. The van der Waals surface area contributed by atoms with Gasteiger partial charge in [-0.2, -0.15) is 0 Å². The van der Waals surface area contributed by atoms with Gasteiger partial charge in [-0.1, -0.05) is 106 Å². The van der Waals surface area contributed by atoms with E-state index in [-0.39, 0.29) is 0 Å². The van der Waals surface area contributed by atoms with Crippen LogP contribution in [0.5, 0.6) is 0 Å². The monoisotopic (exact) mass is 286 g/mol. The van der Waals surface area contributed by atoms with Crippen LogP contribution in [-0.4, -0.2) is 0 Å². The minimum atomic E-state index is 1.23. The summed E-state index contributed by atoms with van der Waals surface area (Å²) in [6.45, 7) is 0. The molecule has 0 nitrogen and oxygen atoms in total. The Hall–Kier alpha value is -1.04. The van der Waals surface area contributed by atoms with Crippen LogP contribution in [0.15, 0.2) is 48.6 Å². The molecule has 0 aromatic rings. The fraction of sp³-hybridized carbons (Fsp3) is 0.619. The molecule has 0 saturated heterocycles. The van der Waals surface area contributed by atoms with Crippen LogP contribution in [0, 0.1) is 0 Å². The molecular weight excluding hydrogens is 252 g/mol. The van der Waals surface area contributed by atoms with Gasteiger partial charge in [0, 0.05) is 0 Å². The molecule has 0 aliphatic heterocycles. The molecule has 1 rings (SSSR count). The van der Waals surface area contributed by atoms with Crippen molar-refractivity contribution in [3.05, 3.63) is 48.6 Å². The summed E-state index contributed by atoms with van der Waals surface area (Å²) >= 11 is 0. The molecule has 0 heteroatoms. The normalized spacial score (nSPS) is 25.5. The third kappa shape index (κ3) is 13.7. The minimum absolute atomic E-state index is 1.23. The molecule has 0 spiro atoms. The summed E-state index contributed by atoms with van der Waals surface area (Å²) in [6.07, 6.45) is 35.5. The zero-order valence-electron chi connectivity index (χ0n) is 13.8. The summed E-state index contributed by atoms with van der Waals surface area (Å²) in [7, 11) is 0. The highest BCUT2D eigenvalue weighted by Gasteiger charge is 1.93. The Balaban J connectivity index is 2.23. The minimum Gasteiger partial charge on any atom is -0.0845 e. The van der Waals surface area contributed by atoms with Crippen LogP contribution in [0.1, 0.15) is 83.5 Å². The lowest BCUT2D eigenvalue weighted by Crippen LogP contribution is -1.82. The van der Waals surface area contributed by atoms with Crippen LogP contribution in [0.25, 0.3) is 0 Å². The molecular formula is C21H34. The van der Waals surface area contributed by atoms with E-state index in [1.165, 1.54) is 83.5 Å². The SMILES string of the molecule is C1=CCCCCCCCCCCCCC/C=C/C=C/C=C/1. The van der Waals surface area contributed by atoms with Crippen LogP contribution in [0.4, 0.5) is 0 Å². The standard InChI is InChI=1S/C21H34/c1-2-4-6-8-10-12-14-16-18-20-21-19-17-15-13-11-9-7-5-3-1/h1-8H,9-21H2/b3-1+,4-2+,7-5+,8-6?. The Morgan fingerprint density at radius 2 is 0.571 bits per heavy atom. The molecule has 0 fully saturated rings. The first-order chi connectivity index (χ1) is 10.5. The van der Waals surface area contributed by atoms with Crippen molar-refractivity contribution >= 4 is 0 Å². The van der Waals surface area contributed by atoms with Gasteiger partial charge in [-0.3, -0.25) is 0 Å². The zero-order chi connectivity index (χ0) is 14.8. The number of hydrogen-bond acceptors (Lipinski definition) is 0. The van der Waals surface area contributed by atoms with Crippen molar-refractivity contribution in [2.45, 2.75) is 83.5 Å². The number of hydrogen-bond donors (Lipinski definition) is 0. The first-order valence-electron chi connectivity index (χ1n) is 9.15. The quantitative estimate of drug-likeness (QED) is 0.438. The average molecular weight is 287 g/mol. The topological polar surface area (TPSA) is 0 Å². The fourth-order valence-electron chi connectivity index (χ4n) is 2.72. The lowest BCUT2D eigenvalue weighted by Gasteiger charge is -2.02. The van der Waals surface area contributed by atoms with Gasteiger partial charge < -0.3 is 0 Å². The summed E-state index contributed by atoms with van der Waals surface area (Å²) < 4.78 is 0. The van der Waals surface area contributed by atoms with Gasteiger partial charge in [-0.25, -0.2) is 0 Å². The summed E-state index contributed by atoms with van der Waals surface area (Å²) in [6, 6.07) is 0. The Labute approximate surface area is 132 Å². The van der Waals surface area contributed by atoms with Crippen molar-refractivity contribution in [1.82, 2.24) is 0 Å². The van der Waals surface area contributed by atoms with E-state index >= 15 is 0 Å². The molecule has 0 unspecified atom stereocenters. The Kier molecular flexibility index (Phi) is 13.2. The molecule has 0 radical (unpaired) electrons. The number of rotatable bonds is 0. The van der Waals surface area contributed by atoms with E-state index in [9.17, 15) is 0 Å². The van der Waals surface area contributed by atoms with Gasteiger partial charge >= 0.3 is 0 Å². The van der Waals surface area contributed by atoms with Gasteiger partial charge in [-0.05, 0) is 25.7 Å². The van der Waals surface area contributed by atoms with Crippen LogP contribution in [0.3, 0.4) is 0 Å². The first kappa shape index (κ1) is 18.0. The smallest absolute Gasteiger partial charge is 0.0348 e. The molecule has 0 heterocycles. The Bertz CT molecular complexity index is 285. The van der Waals surface area contributed by atoms with Crippen molar-refractivity contribution < 1.29 is 0 Å². The van der Waals surface area contributed by atoms with Gasteiger partial charge in [0.2, 0.25) is 0 Å². The maximum atomic E-state index is 2.29. The van der Waals surface area contributed by atoms with E-state index in [0.717, 1.165) is 0 Å². The first-order valence-corrected chi connectivity index (χ1v) is 9.15. The highest BCUT2D eigenvalue weighted by molar-refractivity contribution is 5.15. The van der Waals surface area contributed by atoms with Crippen molar-refractivity contribution in [3.63, 3.8) is 0 Å². The largest absolute Gasteiger partial charge is 0.0845 e. The lowest BCUT2D eigenvalue weighted by molar-refractivity contribution is 0.547. The molecule has 0 bridgehead atoms. The molecule has 1 aliphatic rings. The summed E-state index contributed by atoms with van der Waals surface area (Å²) in [4.78, 5) is 0. The van der Waals surface area contributed by atoms with Crippen molar-refractivity contribution in [2.24, 2.45) is 0 Å². The van der Waals surface area contributed by atoms with Crippen LogP contribution >= 0.6 is 0 Å². The highest BCUT2D eigenvalue weighted by atomic mass is 14.0. The van der Waals surface area contributed by atoms with E-state index in [0.29, 0.717) is 0 Å². The molecule has 0 atom stereocenters. The summed E-state index contributed by atoms with van der Waals surface area (Å²) in [5.74, 6) is 0. The third-order valence-electron chi connectivity index (χ3n) is 4.07. The molecule has 0 amide bonds. The van der Waals surface area contributed by atoms with Crippen LogP contribution < -0.4 is 0 Å². The van der Waals surface area contributed by atoms with Gasteiger partial charge in [0.25, 0.3) is 0 Å². The van der Waals surface area contributed by atoms with Crippen LogP contribution in [-0.2, 0) is 0 Å². The van der Waals surface area contributed by atoms with Gasteiger partial charge in [-0.15, -0.1) is 0 Å². The molecule has 0 N–H and O–H groups in total. The van der Waals surface area contributed by atoms with Gasteiger partial charge in [0.1, 0.15) is 0 Å². The lowest BCUT2D eigenvalue weighted by atomic mass is 10.0.